The number of unbranched alkanes of at least 4 members (excludes halogenated alkanes) is 14. The number of rotatable bonds is 41. The first-order valence-electron chi connectivity index (χ1n) is 28.6. The second kappa shape index (κ2) is 38.7. The third-order valence-corrected chi connectivity index (χ3v) is 12.8. The Bertz CT molecular complexity index is 2870. The van der Waals surface area contributed by atoms with Gasteiger partial charge in [0, 0.05) is 18.2 Å². The Balaban J connectivity index is 1.13. The second-order valence-corrected chi connectivity index (χ2v) is 19.3. The fourth-order valence-electron chi connectivity index (χ4n) is 8.08. The standard InChI is InChI=1S/C67H76O17/c1-4-61(68)78-45-20-15-11-7-9-13-18-42-75-54-36-28-52(29-37-54)65(72)83-58-40-41-60(84-66(73)53-30-38-56(39-31-53)76-43-19-14-10-8-12-16-21-46-79-62(69)5-2)59(48-58)67(74)81-49-50-24-32-57(33-25-50)82-64(71)51-26-34-55(35-27-51)77-44-22-17-23-47-80-63(70)6-3/h4-6,24-41,48H,1-3,7-23,42-47,49H2. The van der Waals surface area contributed by atoms with Gasteiger partial charge >= 0.3 is 41.8 Å². The zero-order valence-corrected chi connectivity index (χ0v) is 47.7. The lowest BCUT2D eigenvalue weighted by Gasteiger charge is -2.13. The summed E-state index contributed by atoms with van der Waals surface area (Å²) >= 11 is 0. The third kappa shape index (κ3) is 25.9. The van der Waals surface area contributed by atoms with Crippen molar-refractivity contribution in [2.45, 2.75) is 116 Å². The van der Waals surface area contributed by atoms with E-state index in [-0.39, 0.29) is 40.5 Å². The van der Waals surface area contributed by atoms with Crippen LogP contribution in [0.4, 0.5) is 0 Å². The Morgan fingerprint density at radius 3 is 1.00 bits per heavy atom. The lowest BCUT2D eigenvalue weighted by Crippen LogP contribution is -2.14. The maximum atomic E-state index is 13.9. The summed E-state index contributed by atoms with van der Waals surface area (Å²) in [4.78, 5) is 87.2. The molecule has 0 saturated carbocycles. The first kappa shape index (κ1) is 65.8. The molecule has 0 heterocycles. The smallest absolute Gasteiger partial charge is 0.343 e. The quantitative estimate of drug-likeness (QED) is 0.0117. The minimum absolute atomic E-state index is 0.0146. The predicted octanol–water partition coefficient (Wildman–Crippen LogP) is 13.7. The number of carbonyl (C=O) groups is 7. The number of esters is 7. The highest BCUT2D eigenvalue weighted by atomic mass is 16.6. The van der Waals surface area contributed by atoms with Crippen LogP contribution in [0.3, 0.4) is 0 Å². The van der Waals surface area contributed by atoms with Crippen LogP contribution in [0.5, 0.6) is 34.5 Å². The average Bonchev–Trinajstić information content (AvgIpc) is 3.71. The molecule has 5 aromatic carbocycles. The number of hydrogen-bond acceptors (Lipinski definition) is 17. The molecule has 0 fully saturated rings. The van der Waals surface area contributed by atoms with E-state index >= 15 is 0 Å². The molecule has 0 spiro atoms. The Labute approximate surface area is 491 Å². The Morgan fingerprint density at radius 2 is 0.619 bits per heavy atom. The van der Waals surface area contributed by atoms with Gasteiger partial charge in [0.1, 0.15) is 46.7 Å². The van der Waals surface area contributed by atoms with Gasteiger partial charge < -0.3 is 47.4 Å². The van der Waals surface area contributed by atoms with Gasteiger partial charge in [-0.2, -0.15) is 0 Å². The fraction of sp³-hybridized carbons (Fsp3) is 0.358. The SMILES string of the molecule is C=CC(=O)OCCCCCCCCCOc1ccc(C(=O)Oc2ccc(OC(=O)c3ccc(OCCCCCCCCCOC(=O)C=C)cc3)c(C(=O)OCc3ccc(OC(=O)c4ccc(OCCCCCOC(=O)C=C)cc4)cc3)c2)cc1. The van der Waals surface area contributed by atoms with Crippen LogP contribution in [0, 0.1) is 0 Å². The van der Waals surface area contributed by atoms with E-state index in [0.717, 1.165) is 121 Å². The summed E-state index contributed by atoms with van der Waals surface area (Å²) in [6, 6.07) is 29.8. The molecule has 5 rings (SSSR count). The van der Waals surface area contributed by atoms with E-state index < -0.39 is 41.8 Å². The van der Waals surface area contributed by atoms with E-state index in [9.17, 15) is 33.6 Å². The molecule has 0 atom stereocenters. The molecule has 0 saturated heterocycles. The van der Waals surface area contributed by atoms with Crippen LogP contribution < -0.4 is 28.4 Å². The molecule has 0 aromatic heterocycles. The van der Waals surface area contributed by atoms with Crippen molar-refractivity contribution in [2.75, 3.05) is 39.6 Å². The molecule has 0 radical (unpaired) electrons. The summed E-state index contributed by atoms with van der Waals surface area (Å²) < 4.78 is 55.3. The van der Waals surface area contributed by atoms with Crippen LogP contribution in [0.25, 0.3) is 0 Å². The summed E-state index contributed by atoms with van der Waals surface area (Å²) in [5, 5.41) is 0. The summed E-state index contributed by atoms with van der Waals surface area (Å²) in [5.41, 5.74) is 1.08. The van der Waals surface area contributed by atoms with E-state index in [4.69, 9.17) is 47.4 Å². The predicted molar refractivity (Wildman–Crippen MR) is 315 cm³/mol. The largest absolute Gasteiger partial charge is 0.494 e. The number of ether oxygens (including phenoxy) is 10. The normalized spacial score (nSPS) is 10.6. The van der Waals surface area contributed by atoms with Crippen molar-refractivity contribution in [3.8, 4) is 34.5 Å². The number of benzene rings is 5. The highest BCUT2D eigenvalue weighted by molar-refractivity contribution is 5.97. The summed E-state index contributed by atoms with van der Waals surface area (Å²) in [5.74, 6) is -2.35. The second-order valence-electron chi connectivity index (χ2n) is 19.3. The van der Waals surface area contributed by atoms with Gasteiger partial charge in [0.05, 0.1) is 56.3 Å². The van der Waals surface area contributed by atoms with Gasteiger partial charge in [0.2, 0.25) is 0 Å². The van der Waals surface area contributed by atoms with Crippen molar-refractivity contribution in [1.29, 1.82) is 0 Å². The van der Waals surface area contributed by atoms with Gasteiger partial charge in [-0.3, -0.25) is 0 Å². The van der Waals surface area contributed by atoms with Gasteiger partial charge in [-0.25, -0.2) is 33.6 Å². The number of hydrogen-bond donors (Lipinski definition) is 0. The monoisotopic (exact) mass is 1150 g/mol. The molecule has 5 aromatic rings. The molecule has 0 N–H and O–H groups in total. The molecule has 0 aliphatic rings. The molecule has 0 amide bonds. The van der Waals surface area contributed by atoms with E-state index in [2.05, 4.69) is 19.7 Å². The van der Waals surface area contributed by atoms with Gasteiger partial charge in [-0.1, -0.05) is 96.1 Å². The maximum Gasteiger partial charge on any atom is 0.343 e. The van der Waals surface area contributed by atoms with Gasteiger partial charge in [0.25, 0.3) is 0 Å². The van der Waals surface area contributed by atoms with E-state index in [1.807, 2.05) is 0 Å². The molecule has 446 valence electrons. The van der Waals surface area contributed by atoms with E-state index in [0.29, 0.717) is 74.4 Å². The summed E-state index contributed by atoms with van der Waals surface area (Å²) in [6.45, 7) is 12.5. The first-order chi connectivity index (χ1) is 40.9. The molecule has 17 nitrogen and oxygen atoms in total. The zero-order chi connectivity index (χ0) is 60.0. The van der Waals surface area contributed by atoms with Crippen molar-refractivity contribution >= 4 is 41.8 Å². The maximum absolute atomic E-state index is 13.9. The van der Waals surface area contributed by atoms with Crippen molar-refractivity contribution in [3.05, 3.63) is 181 Å². The Hall–Kier alpha value is -8.99. The average molecular weight is 1150 g/mol. The van der Waals surface area contributed by atoms with Gasteiger partial charge in [-0.15, -0.1) is 0 Å². The van der Waals surface area contributed by atoms with Crippen LogP contribution in [0.1, 0.15) is 156 Å². The lowest BCUT2D eigenvalue weighted by atomic mass is 10.1. The van der Waals surface area contributed by atoms with E-state index in [1.165, 1.54) is 18.2 Å². The van der Waals surface area contributed by atoms with Crippen molar-refractivity contribution in [1.82, 2.24) is 0 Å². The van der Waals surface area contributed by atoms with Crippen molar-refractivity contribution < 1.29 is 80.9 Å². The van der Waals surface area contributed by atoms with E-state index in [1.54, 1.807) is 97.1 Å². The third-order valence-electron chi connectivity index (χ3n) is 12.8. The first-order valence-corrected chi connectivity index (χ1v) is 28.6. The van der Waals surface area contributed by atoms with Crippen LogP contribution >= 0.6 is 0 Å². The van der Waals surface area contributed by atoms with Crippen LogP contribution in [0.15, 0.2) is 153 Å². The molecule has 0 bridgehead atoms. The van der Waals surface area contributed by atoms with Crippen LogP contribution in [-0.4, -0.2) is 81.4 Å². The zero-order valence-electron chi connectivity index (χ0n) is 47.7. The van der Waals surface area contributed by atoms with Crippen LogP contribution in [-0.2, 0) is 39.9 Å². The highest BCUT2D eigenvalue weighted by Gasteiger charge is 2.22. The molecule has 84 heavy (non-hydrogen) atoms. The fourth-order valence-corrected chi connectivity index (χ4v) is 8.08. The molecule has 0 unspecified atom stereocenters. The minimum Gasteiger partial charge on any atom is -0.494 e. The molecule has 0 aliphatic carbocycles. The Kier molecular flexibility index (Phi) is 30.3. The molecular formula is C67H76O17. The summed E-state index contributed by atoms with van der Waals surface area (Å²) in [6.07, 6.45) is 19.4. The van der Waals surface area contributed by atoms with Crippen molar-refractivity contribution in [2.24, 2.45) is 0 Å². The Morgan fingerprint density at radius 1 is 0.310 bits per heavy atom. The molecule has 17 heteroatoms. The lowest BCUT2D eigenvalue weighted by molar-refractivity contribution is -0.138. The minimum atomic E-state index is -0.884. The highest BCUT2D eigenvalue weighted by Crippen LogP contribution is 2.29. The molecular weight excluding hydrogens is 1080 g/mol. The van der Waals surface area contributed by atoms with Gasteiger partial charge in [0.15, 0.2) is 0 Å². The topological polar surface area (TPSA) is 212 Å². The van der Waals surface area contributed by atoms with Crippen LogP contribution in [0.2, 0.25) is 0 Å². The molecule has 0 aliphatic heterocycles. The number of carbonyl (C=O) groups excluding carboxylic acids is 7. The summed E-state index contributed by atoms with van der Waals surface area (Å²) in [7, 11) is 0. The van der Waals surface area contributed by atoms with Crippen molar-refractivity contribution in [3.63, 3.8) is 0 Å². The van der Waals surface area contributed by atoms with Gasteiger partial charge in [-0.05, 0) is 154 Å².